The molecule has 0 spiro atoms. The predicted octanol–water partition coefficient (Wildman–Crippen LogP) is 5.13. The number of hydrogen-bond acceptors (Lipinski definition) is 5. The van der Waals surface area contributed by atoms with Crippen molar-refractivity contribution >= 4 is 12.0 Å². The van der Waals surface area contributed by atoms with E-state index in [-0.39, 0.29) is 28.7 Å². The summed E-state index contributed by atoms with van der Waals surface area (Å²) in [7, 11) is 0. The molecule has 28 heavy (non-hydrogen) atoms. The van der Waals surface area contributed by atoms with Crippen LogP contribution in [-0.4, -0.2) is 11.2 Å². The highest BCUT2D eigenvalue weighted by Crippen LogP contribution is 2.45. The molecule has 0 radical (unpaired) electrons. The second-order valence-corrected chi connectivity index (χ2v) is 6.80. The molecule has 0 atom stereocenters. The fourth-order valence-corrected chi connectivity index (χ4v) is 3.68. The lowest BCUT2D eigenvalue weighted by Crippen LogP contribution is -2.10. The number of aryl methyl sites for hydroxylation is 1. The van der Waals surface area contributed by atoms with Crippen molar-refractivity contribution in [2.75, 3.05) is 0 Å². The van der Waals surface area contributed by atoms with Crippen LogP contribution in [0.5, 0.6) is 5.75 Å². The highest BCUT2D eigenvalue weighted by Gasteiger charge is 2.31. The van der Waals surface area contributed by atoms with E-state index in [0.717, 1.165) is 36.0 Å². The van der Waals surface area contributed by atoms with E-state index in [2.05, 4.69) is 0 Å². The Labute approximate surface area is 161 Å². The minimum absolute atomic E-state index is 0.00665. The zero-order chi connectivity index (χ0) is 19.5. The summed E-state index contributed by atoms with van der Waals surface area (Å²) in [5.41, 5.74) is 3.12. The summed E-state index contributed by atoms with van der Waals surface area (Å²) in [6.07, 6.45) is 3.96. The van der Waals surface area contributed by atoms with Crippen LogP contribution >= 0.6 is 0 Å². The van der Waals surface area contributed by atoms with Gasteiger partial charge in [-0.1, -0.05) is 30.3 Å². The molecule has 0 bridgehead atoms. The SMILES string of the molecule is O=Cc1ccc(-c2cc3c(c([N+](=O)[O-])c2OCc2ccccc2)CCCC3)o1. The van der Waals surface area contributed by atoms with E-state index < -0.39 is 0 Å². The first-order valence-corrected chi connectivity index (χ1v) is 9.22. The molecule has 1 aliphatic rings. The lowest BCUT2D eigenvalue weighted by molar-refractivity contribution is -0.386. The summed E-state index contributed by atoms with van der Waals surface area (Å²) in [5, 5.41) is 12.0. The van der Waals surface area contributed by atoms with E-state index >= 15 is 0 Å². The van der Waals surface area contributed by atoms with Crippen molar-refractivity contribution in [1.29, 1.82) is 0 Å². The fourth-order valence-electron chi connectivity index (χ4n) is 3.68. The quantitative estimate of drug-likeness (QED) is 0.338. The first-order valence-electron chi connectivity index (χ1n) is 9.22. The Morgan fingerprint density at radius 1 is 1.11 bits per heavy atom. The molecule has 0 saturated carbocycles. The lowest BCUT2D eigenvalue weighted by Gasteiger charge is -2.20. The Hall–Kier alpha value is -3.41. The van der Waals surface area contributed by atoms with E-state index in [0.29, 0.717) is 24.0 Å². The molecule has 1 heterocycles. The maximum absolute atomic E-state index is 12.0. The van der Waals surface area contributed by atoms with Gasteiger partial charge in [0.1, 0.15) is 12.4 Å². The van der Waals surface area contributed by atoms with Crippen LogP contribution in [0, 0.1) is 10.1 Å². The number of ether oxygens (including phenoxy) is 1. The first kappa shape index (κ1) is 18.0. The summed E-state index contributed by atoms with van der Waals surface area (Å²) in [5.74, 6) is 0.757. The second-order valence-electron chi connectivity index (χ2n) is 6.80. The van der Waals surface area contributed by atoms with Crippen molar-refractivity contribution in [3.05, 3.63) is 81.1 Å². The number of benzene rings is 2. The average Bonchev–Trinajstić information content (AvgIpc) is 3.21. The van der Waals surface area contributed by atoms with E-state index in [1.807, 2.05) is 36.4 Å². The van der Waals surface area contributed by atoms with Gasteiger partial charge in [-0.2, -0.15) is 0 Å². The summed E-state index contributed by atoms with van der Waals surface area (Å²) in [6, 6.07) is 14.6. The Morgan fingerprint density at radius 3 is 2.61 bits per heavy atom. The number of nitro groups is 1. The molecule has 1 aliphatic carbocycles. The Kier molecular flexibility index (Phi) is 4.93. The second kappa shape index (κ2) is 7.68. The standard InChI is InChI=1S/C22H19NO5/c24-13-17-10-11-20(28-17)19-12-16-8-4-5-9-18(16)21(23(25)26)22(19)27-14-15-6-2-1-3-7-15/h1-3,6-7,10-13H,4-5,8-9,14H2. The number of carbonyl (C=O) groups excluding carboxylic acids is 1. The summed E-state index contributed by atoms with van der Waals surface area (Å²) >= 11 is 0. The van der Waals surface area contributed by atoms with Gasteiger partial charge in [0.25, 0.3) is 0 Å². The molecule has 0 saturated heterocycles. The van der Waals surface area contributed by atoms with Crippen molar-refractivity contribution in [2.45, 2.75) is 32.3 Å². The van der Waals surface area contributed by atoms with Gasteiger partial charge < -0.3 is 9.15 Å². The Balaban J connectivity index is 1.86. The number of nitro benzene ring substituents is 1. The van der Waals surface area contributed by atoms with Crippen LogP contribution in [-0.2, 0) is 19.4 Å². The van der Waals surface area contributed by atoms with Crippen LogP contribution in [0.3, 0.4) is 0 Å². The normalized spacial score (nSPS) is 13.0. The van der Waals surface area contributed by atoms with Gasteiger partial charge in [-0.25, -0.2) is 0 Å². The third-order valence-corrected chi connectivity index (χ3v) is 4.99. The monoisotopic (exact) mass is 377 g/mol. The van der Waals surface area contributed by atoms with Crippen LogP contribution in [0.1, 0.15) is 40.1 Å². The van der Waals surface area contributed by atoms with Gasteiger partial charge in [0.15, 0.2) is 12.0 Å². The van der Waals surface area contributed by atoms with Crippen molar-refractivity contribution in [1.82, 2.24) is 0 Å². The van der Waals surface area contributed by atoms with Crippen molar-refractivity contribution in [3.8, 4) is 17.1 Å². The number of hydrogen-bond donors (Lipinski definition) is 0. The van der Waals surface area contributed by atoms with E-state index in [1.165, 1.54) is 0 Å². The molecule has 2 aromatic carbocycles. The van der Waals surface area contributed by atoms with Crippen LogP contribution in [0.15, 0.2) is 52.9 Å². The molecule has 6 heteroatoms. The zero-order valence-electron chi connectivity index (χ0n) is 15.2. The molecule has 3 aromatic rings. The molecular formula is C22H19NO5. The summed E-state index contributed by atoms with van der Waals surface area (Å²) < 4.78 is 11.6. The van der Waals surface area contributed by atoms with Crippen LogP contribution in [0.25, 0.3) is 11.3 Å². The first-order chi connectivity index (χ1) is 13.7. The molecule has 0 N–H and O–H groups in total. The minimum Gasteiger partial charge on any atom is -0.481 e. The van der Waals surface area contributed by atoms with Crippen LogP contribution in [0.2, 0.25) is 0 Å². The minimum atomic E-state index is -0.364. The molecule has 6 nitrogen and oxygen atoms in total. The highest BCUT2D eigenvalue weighted by molar-refractivity contribution is 5.78. The molecule has 0 aliphatic heterocycles. The van der Waals surface area contributed by atoms with Crippen molar-refractivity contribution < 1.29 is 18.9 Å². The average molecular weight is 377 g/mol. The molecular weight excluding hydrogens is 358 g/mol. The maximum Gasteiger partial charge on any atom is 0.315 e. The third-order valence-electron chi connectivity index (χ3n) is 4.99. The van der Waals surface area contributed by atoms with Gasteiger partial charge in [-0.05, 0) is 55.0 Å². The highest BCUT2D eigenvalue weighted by atomic mass is 16.6. The topological polar surface area (TPSA) is 82.6 Å². The number of fused-ring (bicyclic) bond motifs is 1. The zero-order valence-corrected chi connectivity index (χ0v) is 15.2. The smallest absolute Gasteiger partial charge is 0.315 e. The van der Waals surface area contributed by atoms with Crippen LogP contribution in [0.4, 0.5) is 5.69 Å². The molecule has 1 aromatic heterocycles. The van der Waals surface area contributed by atoms with Crippen molar-refractivity contribution in [2.24, 2.45) is 0 Å². The fraction of sp³-hybridized carbons (Fsp3) is 0.227. The molecule has 0 fully saturated rings. The molecule has 0 unspecified atom stereocenters. The Bertz CT molecular complexity index is 1020. The third kappa shape index (κ3) is 3.41. The van der Waals surface area contributed by atoms with Gasteiger partial charge >= 0.3 is 5.69 Å². The lowest BCUT2D eigenvalue weighted by atomic mass is 9.88. The molecule has 0 amide bonds. The maximum atomic E-state index is 12.0. The number of rotatable bonds is 6. The number of carbonyl (C=O) groups is 1. The van der Waals surface area contributed by atoms with Crippen LogP contribution < -0.4 is 4.74 Å². The van der Waals surface area contributed by atoms with Gasteiger partial charge in [0.2, 0.25) is 5.75 Å². The largest absolute Gasteiger partial charge is 0.481 e. The van der Waals surface area contributed by atoms with Crippen molar-refractivity contribution in [3.63, 3.8) is 0 Å². The number of aldehydes is 1. The molecule has 142 valence electrons. The van der Waals surface area contributed by atoms with Gasteiger partial charge in [0.05, 0.1) is 10.5 Å². The van der Waals surface area contributed by atoms with E-state index in [4.69, 9.17) is 9.15 Å². The van der Waals surface area contributed by atoms with Gasteiger partial charge in [0, 0.05) is 5.56 Å². The number of furan rings is 1. The van der Waals surface area contributed by atoms with Gasteiger partial charge in [-0.15, -0.1) is 0 Å². The predicted molar refractivity (Wildman–Crippen MR) is 104 cm³/mol. The van der Waals surface area contributed by atoms with E-state index in [1.54, 1.807) is 12.1 Å². The number of nitrogens with zero attached hydrogens (tertiary/aromatic N) is 1. The summed E-state index contributed by atoms with van der Waals surface area (Å²) in [4.78, 5) is 22.6. The summed E-state index contributed by atoms with van der Waals surface area (Å²) in [6.45, 7) is 0.203. The van der Waals surface area contributed by atoms with E-state index in [9.17, 15) is 14.9 Å². The van der Waals surface area contributed by atoms with Gasteiger partial charge in [-0.3, -0.25) is 14.9 Å². The Morgan fingerprint density at radius 2 is 1.89 bits per heavy atom. The molecule has 4 rings (SSSR count).